The van der Waals surface area contributed by atoms with Gasteiger partial charge in [-0.3, -0.25) is 19.7 Å². The highest BCUT2D eigenvalue weighted by Gasteiger charge is 2.47. The van der Waals surface area contributed by atoms with Crippen LogP contribution in [0.25, 0.3) is 5.76 Å². The van der Waals surface area contributed by atoms with Crippen LogP contribution in [0.5, 0.6) is 5.75 Å². The van der Waals surface area contributed by atoms with Crippen LogP contribution in [0.1, 0.15) is 30.0 Å². The smallest absolute Gasteiger partial charge is 0.295 e. The molecule has 1 N–H and O–H groups in total. The van der Waals surface area contributed by atoms with Crippen LogP contribution in [0.3, 0.4) is 0 Å². The number of non-ortho nitro benzene ring substituents is 1. The van der Waals surface area contributed by atoms with Gasteiger partial charge in [-0.15, -0.1) is 0 Å². The van der Waals surface area contributed by atoms with E-state index in [0.717, 1.165) is 12.8 Å². The fourth-order valence-electron chi connectivity index (χ4n) is 4.14. The number of benzene rings is 2. The number of Topliss-reactive ketones (excluding diaryl/α,β-unsaturated/α-hetero) is 1. The number of aliphatic hydroxyl groups is 1. The van der Waals surface area contributed by atoms with E-state index in [1.54, 1.807) is 30.3 Å². The predicted molar refractivity (Wildman–Crippen MR) is 114 cm³/mol. The Morgan fingerprint density at radius 3 is 2.62 bits per heavy atom. The van der Waals surface area contributed by atoms with Gasteiger partial charge in [0.15, 0.2) is 0 Å². The highest BCUT2D eigenvalue weighted by Crippen LogP contribution is 2.41. The zero-order valence-electron chi connectivity index (χ0n) is 17.4. The second-order valence-corrected chi connectivity index (χ2v) is 7.67. The first-order valence-electron chi connectivity index (χ1n) is 10.2. The minimum atomic E-state index is -0.971. The Morgan fingerprint density at radius 1 is 1.25 bits per heavy atom. The van der Waals surface area contributed by atoms with Crippen LogP contribution in [0.4, 0.5) is 5.69 Å². The topological polar surface area (TPSA) is 119 Å². The van der Waals surface area contributed by atoms with Gasteiger partial charge in [0.1, 0.15) is 11.5 Å². The molecule has 2 heterocycles. The maximum absolute atomic E-state index is 13.0. The largest absolute Gasteiger partial charge is 0.507 e. The molecular formula is C23H22N2O7. The molecule has 0 bridgehead atoms. The molecule has 2 aromatic carbocycles. The van der Waals surface area contributed by atoms with E-state index in [9.17, 15) is 24.8 Å². The van der Waals surface area contributed by atoms with Gasteiger partial charge < -0.3 is 19.5 Å². The number of hydrogen-bond donors (Lipinski definition) is 1. The summed E-state index contributed by atoms with van der Waals surface area (Å²) in [4.78, 5) is 38.1. The summed E-state index contributed by atoms with van der Waals surface area (Å²) in [6.45, 7) is 0.721. The van der Waals surface area contributed by atoms with Crippen molar-refractivity contribution >= 4 is 23.1 Å². The number of rotatable bonds is 6. The van der Waals surface area contributed by atoms with Crippen molar-refractivity contribution in [1.82, 2.24) is 4.90 Å². The van der Waals surface area contributed by atoms with Gasteiger partial charge in [0.05, 0.1) is 29.8 Å². The molecule has 0 aliphatic carbocycles. The lowest BCUT2D eigenvalue weighted by Gasteiger charge is -2.27. The standard InChI is InChI=1S/C23H22N2O7/c1-31-17-9-7-14(8-10-17)21(26)19-20(15-4-2-5-16(12-15)25(29)30)24(23(28)22(19)27)13-18-6-3-11-32-18/h2,4-5,7-10,12,18,20,26H,3,6,11,13H2,1H3/b21-19-. The summed E-state index contributed by atoms with van der Waals surface area (Å²) in [6, 6.07) is 11.2. The Morgan fingerprint density at radius 2 is 2.00 bits per heavy atom. The van der Waals surface area contributed by atoms with E-state index in [-0.39, 0.29) is 29.7 Å². The number of aliphatic hydroxyl groups excluding tert-OH is 1. The fraction of sp³-hybridized carbons (Fsp3) is 0.304. The van der Waals surface area contributed by atoms with Crippen molar-refractivity contribution in [2.24, 2.45) is 0 Å². The second-order valence-electron chi connectivity index (χ2n) is 7.67. The molecule has 166 valence electrons. The summed E-state index contributed by atoms with van der Waals surface area (Å²) in [5.74, 6) is -1.40. The van der Waals surface area contributed by atoms with Crippen molar-refractivity contribution in [1.29, 1.82) is 0 Å². The molecule has 0 spiro atoms. The summed E-state index contributed by atoms with van der Waals surface area (Å²) >= 11 is 0. The summed E-state index contributed by atoms with van der Waals surface area (Å²) < 4.78 is 10.8. The first-order chi connectivity index (χ1) is 15.4. The van der Waals surface area contributed by atoms with Gasteiger partial charge in [-0.2, -0.15) is 0 Å². The molecule has 1 amide bonds. The highest BCUT2D eigenvalue weighted by atomic mass is 16.6. The van der Waals surface area contributed by atoms with Gasteiger partial charge in [-0.1, -0.05) is 12.1 Å². The van der Waals surface area contributed by atoms with Gasteiger partial charge in [0.2, 0.25) is 0 Å². The minimum Gasteiger partial charge on any atom is -0.507 e. The van der Waals surface area contributed by atoms with Crippen LogP contribution in [-0.2, 0) is 14.3 Å². The maximum Gasteiger partial charge on any atom is 0.295 e. The lowest BCUT2D eigenvalue weighted by atomic mass is 9.95. The Labute approximate surface area is 184 Å². The van der Waals surface area contributed by atoms with Crippen molar-refractivity contribution in [2.75, 3.05) is 20.3 Å². The highest BCUT2D eigenvalue weighted by molar-refractivity contribution is 6.46. The van der Waals surface area contributed by atoms with Crippen molar-refractivity contribution in [3.8, 4) is 5.75 Å². The SMILES string of the molecule is COc1ccc(/C(O)=C2/C(=O)C(=O)N(CC3CCCO3)C2c2cccc([N+](=O)[O-])c2)cc1. The molecule has 32 heavy (non-hydrogen) atoms. The molecule has 9 heteroatoms. The molecule has 2 aliphatic heterocycles. The number of methoxy groups -OCH3 is 1. The number of nitro benzene ring substituents is 1. The number of hydrogen-bond acceptors (Lipinski definition) is 7. The number of ether oxygens (including phenoxy) is 2. The Balaban J connectivity index is 1.83. The first-order valence-corrected chi connectivity index (χ1v) is 10.2. The lowest BCUT2D eigenvalue weighted by Crippen LogP contribution is -2.36. The van der Waals surface area contributed by atoms with E-state index >= 15 is 0 Å². The number of ketones is 1. The Kier molecular flexibility index (Phi) is 5.91. The fourth-order valence-corrected chi connectivity index (χ4v) is 4.14. The number of carbonyl (C=O) groups is 2. The van der Waals surface area contributed by atoms with E-state index in [1.165, 1.54) is 30.2 Å². The minimum absolute atomic E-state index is 0.112. The molecule has 2 unspecified atom stereocenters. The van der Waals surface area contributed by atoms with Crippen molar-refractivity contribution in [3.63, 3.8) is 0 Å². The molecule has 2 fully saturated rings. The number of nitro groups is 1. The molecule has 2 aliphatic rings. The quantitative estimate of drug-likeness (QED) is 0.242. The number of carbonyl (C=O) groups excluding carboxylic acids is 2. The molecule has 2 atom stereocenters. The van der Waals surface area contributed by atoms with E-state index in [0.29, 0.717) is 23.5 Å². The zero-order chi connectivity index (χ0) is 22.8. The molecule has 0 radical (unpaired) electrons. The Bertz CT molecular complexity index is 1090. The molecule has 2 aromatic rings. The summed E-state index contributed by atoms with van der Waals surface area (Å²) in [7, 11) is 1.51. The van der Waals surface area contributed by atoms with Crippen LogP contribution < -0.4 is 4.74 Å². The van der Waals surface area contributed by atoms with Gasteiger partial charge >= 0.3 is 0 Å². The third-order valence-corrected chi connectivity index (χ3v) is 5.72. The van der Waals surface area contributed by atoms with Crippen LogP contribution in [-0.4, -0.2) is 53.0 Å². The van der Waals surface area contributed by atoms with E-state index in [2.05, 4.69) is 0 Å². The first kappa shape index (κ1) is 21.5. The Hall–Kier alpha value is -3.72. The molecular weight excluding hydrogens is 416 g/mol. The third-order valence-electron chi connectivity index (χ3n) is 5.72. The predicted octanol–water partition coefficient (Wildman–Crippen LogP) is 3.20. The van der Waals surface area contributed by atoms with Crippen LogP contribution in [0.2, 0.25) is 0 Å². The van der Waals surface area contributed by atoms with Gasteiger partial charge in [0, 0.05) is 30.8 Å². The average molecular weight is 438 g/mol. The second kappa shape index (κ2) is 8.80. The molecule has 9 nitrogen and oxygen atoms in total. The summed E-state index contributed by atoms with van der Waals surface area (Å²) in [5.41, 5.74) is 0.413. The molecule has 0 saturated carbocycles. The van der Waals surface area contributed by atoms with Gasteiger partial charge in [-0.05, 0) is 42.7 Å². The van der Waals surface area contributed by atoms with Crippen LogP contribution >= 0.6 is 0 Å². The number of nitrogens with zero attached hydrogens (tertiary/aromatic N) is 2. The zero-order valence-corrected chi connectivity index (χ0v) is 17.4. The summed E-state index contributed by atoms with van der Waals surface area (Å²) in [5, 5.41) is 22.4. The van der Waals surface area contributed by atoms with E-state index in [1.807, 2.05) is 0 Å². The van der Waals surface area contributed by atoms with Gasteiger partial charge in [-0.25, -0.2) is 0 Å². The average Bonchev–Trinajstić information content (AvgIpc) is 3.41. The molecule has 4 rings (SSSR count). The molecule has 0 aromatic heterocycles. The summed E-state index contributed by atoms with van der Waals surface area (Å²) in [6.07, 6.45) is 1.35. The van der Waals surface area contributed by atoms with Crippen LogP contribution in [0.15, 0.2) is 54.1 Å². The monoisotopic (exact) mass is 438 g/mol. The van der Waals surface area contributed by atoms with E-state index < -0.39 is 22.7 Å². The third kappa shape index (κ3) is 3.94. The number of likely N-dealkylation sites (tertiary alicyclic amines) is 1. The van der Waals surface area contributed by atoms with Crippen molar-refractivity contribution < 1.29 is 29.1 Å². The van der Waals surface area contributed by atoms with Crippen molar-refractivity contribution in [3.05, 3.63) is 75.3 Å². The molecule has 2 saturated heterocycles. The number of amides is 1. The van der Waals surface area contributed by atoms with E-state index in [4.69, 9.17) is 9.47 Å². The van der Waals surface area contributed by atoms with Crippen molar-refractivity contribution in [2.45, 2.75) is 25.0 Å². The normalized spacial score (nSPS) is 22.3. The van der Waals surface area contributed by atoms with Crippen LogP contribution in [0, 0.1) is 10.1 Å². The van der Waals surface area contributed by atoms with Gasteiger partial charge in [0.25, 0.3) is 17.4 Å². The lowest BCUT2D eigenvalue weighted by molar-refractivity contribution is -0.384. The maximum atomic E-state index is 13.0.